The number of hydrogen-bond donors (Lipinski definition) is 0. The Morgan fingerprint density at radius 2 is 1.27 bits per heavy atom. The number of fused-ring (bicyclic) bond motifs is 2. The van der Waals surface area contributed by atoms with E-state index in [4.69, 9.17) is 0 Å². The van der Waals surface area contributed by atoms with Crippen molar-refractivity contribution >= 4 is 0 Å². The third kappa shape index (κ3) is 1.85. The Bertz CT molecular complexity index is 130. The summed E-state index contributed by atoms with van der Waals surface area (Å²) in [7, 11) is 0. The predicted molar refractivity (Wildman–Crippen MR) is 48.4 cm³/mol. The largest absolute Gasteiger partial charge is 0.0885 e. The number of allylic oxidation sites excluding steroid dienone is 2. The molecule has 2 bridgehead atoms. The molecule has 11 heavy (non-hydrogen) atoms. The molecule has 0 aromatic carbocycles. The Morgan fingerprint density at radius 3 is 1.82 bits per heavy atom. The summed E-state index contributed by atoms with van der Waals surface area (Å²) in [4.78, 5) is 0. The van der Waals surface area contributed by atoms with Crippen LogP contribution in [0.3, 0.4) is 0 Å². The molecule has 1 fully saturated rings. The maximum Gasteiger partial charge on any atom is -0.0348 e. The van der Waals surface area contributed by atoms with Crippen molar-refractivity contribution in [3.63, 3.8) is 0 Å². The molecule has 62 valence electrons. The lowest BCUT2D eigenvalue weighted by Crippen LogP contribution is -1.94. The first-order valence-electron chi connectivity index (χ1n) is 5.10. The number of rotatable bonds is 0. The molecule has 0 heterocycles. The van der Waals surface area contributed by atoms with E-state index in [0.29, 0.717) is 0 Å². The first kappa shape index (κ1) is 7.39. The highest BCUT2D eigenvalue weighted by molar-refractivity contribution is 4.88. The second-order valence-electron chi connectivity index (χ2n) is 4.17. The minimum atomic E-state index is 1.09. The molecule has 2 aliphatic rings. The Morgan fingerprint density at radius 1 is 0.727 bits per heavy atom. The van der Waals surface area contributed by atoms with Crippen LogP contribution in [-0.4, -0.2) is 0 Å². The molecular weight excluding hydrogens is 132 g/mol. The molecule has 2 unspecified atom stereocenters. The highest BCUT2D eigenvalue weighted by Gasteiger charge is 2.23. The predicted octanol–water partition coefficient (Wildman–Crippen LogP) is 3.53. The summed E-state index contributed by atoms with van der Waals surface area (Å²) in [6.45, 7) is 0. The molecule has 0 spiro atoms. The van der Waals surface area contributed by atoms with Gasteiger partial charge < -0.3 is 0 Å². The molecule has 1 saturated carbocycles. The summed E-state index contributed by atoms with van der Waals surface area (Å²) in [6.07, 6.45) is 15.0. The zero-order chi connectivity index (χ0) is 7.52. The minimum absolute atomic E-state index is 1.09. The van der Waals surface area contributed by atoms with Crippen LogP contribution in [-0.2, 0) is 0 Å². The lowest BCUT2D eigenvalue weighted by molar-refractivity contribution is 0.456. The second kappa shape index (κ2) is 3.42. The van der Waals surface area contributed by atoms with E-state index in [2.05, 4.69) is 12.2 Å². The molecule has 0 saturated heterocycles. The van der Waals surface area contributed by atoms with E-state index in [1.807, 2.05) is 0 Å². The Kier molecular flexibility index (Phi) is 2.30. The highest BCUT2D eigenvalue weighted by Crippen LogP contribution is 2.37. The van der Waals surface area contributed by atoms with Crippen molar-refractivity contribution in [2.75, 3.05) is 0 Å². The van der Waals surface area contributed by atoms with Crippen LogP contribution < -0.4 is 0 Å². The van der Waals surface area contributed by atoms with Crippen molar-refractivity contribution in [2.24, 2.45) is 11.8 Å². The van der Waals surface area contributed by atoms with E-state index < -0.39 is 0 Å². The van der Waals surface area contributed by atoms with Crippen LogP contribution in [0.25, 0.3) is 0 Å². The van der Waals surface area contributed by atoms with E-state index in [0.717, 1.165) is 11.8 Å². The molecule has 0 heteroatoms. The Labute approximate surface area is 69.7 Å². The van der Waals surface area contributed by atoms with Gasteiger partial charge in [-0.15, -0.1) is 0 Å². The fourth-order valence-corrected chi connectivity index (χ4v) is 2.60. The molecule has 0 aromatic heterocycles. The summed E-state index contributed by atoms with van der Waals surface area (Å²) in [5.41, 5.74) is 0. The van der Waals surface area contributed by atoms with E-state index in [1.165, 1.54) is 38.5 Å². The van der Waals surface area contributed by atoms with Gasteiger partial charge in [0.1, 0.15) is 0 Å². The third-order valence-electron chi connectivity index (χ3n) is 3.30. The standard InChI is InChI=1S/C11H18/c1-2-4-6-11-8-7-10(9-11)5-3-1/h1-2,10-11H,3-9H2. The van der Waals surface area contributed by atoms with Gasteiger partial charge in [-0.2, -0.15) is 0 Å². The first-order valence-corrected chi connectivity index (χ1v) is 5.10. The third-order valence-corrected chi connectivity index (χ3v) is 3.30. The quantitative estimate of drug-likeness (QED) is 0.463. The van der Waals surface area contributed by atoms with Crippen molar-refractivity contribution in [1.82, 2.24) is 0 Å². The molecule has 0 nitrogen and oxygen atoms in total. The van der Waals surface area contributed by atoms with Gasteiger partial charge in [0.2, 0.25) is 0 Å². The smallest absolute Gasteiger partial charge is 0.0348 e. The van der Waals surface area contributed by atoms with Gasteiger partial charge in [0.15, 0.2) is 0 Å². The fourth-order valence-electron chi connectivity index (χ4n) is 2.60. The SMILES string of the molecule is C1=CCCC2CCC(CC1)C2. The molecule has 2 atom stereocenters. The van der Waals surface area contributed by atoms with Crippen molar-refractivity contribution in [3.05, 3.63) is 12.2 Å². The Balaban J connectivity index is 1.95. The summed E-state index contributed by atoms with van der Waals surface area (Å²) < 4.78 is 0. The van der Waals surface area contributed by atoms with Gasteiger partial charge in [0.25, 0.3) is 0 Å². The summed E-state index contributed by atoms with van der Waals surface area (Å²) in [5.74, 6) is 2.17. The Hall–Kier alpha value is -0.260. The minimum Gasteiger partial charge on any atom is -0.0885 e. The molecule has 0 aromatic rings. The maximum atomic E-state index is 2.39. The van der Waals surface area contributed by atoms with E-state index in [-0.39, 0.29) is 0 Å². The maximum absolute atomic E-state index is 2.39. The lowest BCUT2D eigenvalue weighted by atomic mass is 9.99. The van der Waals surface area contributed by atoms with Crippen molar-refractivity contribution < 1.29 is 0 Å². The van der Waals surface area contributed by atoms with Crippen LogP contribution >= 0.6 is 0 Å². The lowest BCUT2D eigenvalue weighted by Gasteiger charge is -2.07. The van der Waals surface area contributed by atoms with Gasteiger partial charge in [-0.3, -0.25) is 0 Å². The molecule has 0 radical (unpaired) electrons. The summed E-state index contributed by atoms with van der Waals surface area (Å²) >= 11 is 0. The fraction of sp³-hybridized carbons (Fsp3) is 0.818. The average molecular weight is 150 g/mol. The average Bonchev–Trinajstić information content (AvgIpc) is 2.49. The van der Waals surface area contributed by atoms with Crippen molar-refractivity contribution in [1.29, 1.82) is 0 Å². The van der Waals surface area contributed by atoms with Gasteiger partial charge in [0, 0.05) is 0 Å². The van der Waals surface area contributed by atoms with Gasteiger partial charge >= 0.3 is 0 Å². The molecule has 2 aliphatic carbocycles. The molecule has 0 aliphatic heterocycles. The van der Waals surface area contributed by atoms with Crippen LogP contribution in [0.4, 0.5) is 0 Å². The zero-order valence-corrected chi connectivity index (χ0v) is 7.26. The molecule has 0 amide bonds. The van der Waals surface area contributed by atoms with Gasteiger partial charge in [0.05, 0.1) is 0 Å². The topological polar surface area (TPSA) is 0 Å². The first-order chi connectivity index (χ1) is 5.45. The van der Waals surface area contributed by atoms with E-state index in [1.54, 1.807) is 6.42 Å². The van der Waals surface area contributed by atoms with Crippen LogP contribution in [0, 0.1) is 11.8 Å². The van der Waals surface area contributed by atoms with Crippen molar-refractivity contribution in [2.45, 2.75) is 44.9 Å². The summed E-state index contributed by atoms with van der Waals surface area (Å²) in [6, 6.07) is 0. The van der Waals surface area contributed by atoms with Gasteiger partial charge in [-0.05, 0) is 43.9 Å². The highest BCUT2D eigenvalue weighted by atomic mass is 14.3. The molecule has 2 rings (SSSR count). The van der Waals surface area contributed by atoms with Crippen LogP contribution in [0.5, 0.6) is 0 Å². The van der Waals surface area contributed by atoms with Crippen LogP contribution in [0.2, 0.25) is 0 Å². The van der Waals surface area contributed by atoms with E-state index in [9.17, 15) is 0 Å². The van der Waals surface area contributed by atoms with E-state index >= 15 is 0 Å². The summed E-state index contributed by atoms with van der Waals surface area (Å²) in [5, 5.41) is 0. The zero-order valence-electron chi connectivity index (χ0n) is 7.26. The van der Waals surface area contributed by atoms with Crippen LogP contribution in [0.1, 0.15) is 44.9 Å². The van der Waals surface area contributed by atoms with Crippen LogP contribution in [0.15, 0.2) is 12.2 Å². The van der Waals surface area contributed by atoms with Gasteiger partial charge in [-0.1, -0.05) is 25.0 Å². The monoisotopic (exact) mass is 150 g/mol. The molecular formula is C11H18. The molecule has 0 N–H and O–H groups in total. The number of hydrogen-bond acceptors (Lipinski definition) is 0. The second-order valence-corrected chi connectivity index (χ2v) is 4.17. The normalized spacial score (nSPS) is 37.8. The van der Waals surface area contributed by atoms with Gasteiger partial charge in [-0.25, -0.2) is 0 Å². The van der Waals surface area contributed by atoms with Crippen molar-refractivity contribution in [3.8, 4) is 0 Å².